The van der Waals surface area contributed by atoms with Gasteiger partial charge in [0.15, 0.2) is 0 Å². The van der Waals surface area contributed by atoms with Crippen molar-refractivity contribution in [2.75, 3.05) is 6.54 Å². The molecule has 0 bridgehead atoms. The van der Waals surface area contributed by atoms with Gasteiger partial charge in [0, 0.05) is 26.0 Å². The Morgan fingerprint density at radius 3 is 2.79 bits per heavy atom. The summed E-state index contributed by atoms with van der Waals surface area (Å²) >= 11 is 0. The maximum absolute atomic E-state index is 9.53. The highest BCUT2D eigenvalue weighted by Crippen LogP contribution is 1.99. The predicted molar refractivity (Wildman–Crippen MR) is 55.8 cm³/mol. The van der Waals surface area contributed by atoms with Crippen LogP contribution in [0.1, 0.15) is 19.7 Å². The van der Waals surface area contributed by atoms with E-state index in [2.05, 4.69) is 10.3 Å². The molecule has 14 heavy (non-hydrogen) atoms. The average Bonchev–Trinajstić information content (AvgIpc) is 2.51. The lowest BCUT2D eigenvalue weighted by Gasteiger charge is -2.14. The quantitative estimate of drug-likeness (QED) is 0.724. The number of hydrogen-bond acceptors (Lipinski definition) is 3. The topological polar surface area (TPSA) is 50.1 Å². The molecule has 0 aliphatic rings. The first-order valence-electron chi connectivity index (χ1n) is 4.96. The van der Waals surface area contributed by atoms with Crippen LogP contribution in [0.3, 0.4) is 0 Å². The van der Waals surface area contributed by atoms with Crippen molar-refractivity contribution >= 4 is 0 Å². The summed E-state index contributed by atoms with van der Waals surface area (Å²) in [4.78, 5) is 4.18. The fourth-order valence-corrected chi connectivity index (χ4v) is 1.13. The van der Waals surface area contributed by atoms with Gasteiger partial charge in [-0.15, -0.1) is 0 Å². The molecule has 4 nitrogen and oxygen atoms in total. The molecular formula is C10H19N3O. The molecule has 1 aromatic rings. The summed E-state index contributed by atoms with van der Waals surface area (Å²) in [5.41, 5.74) is 0. The van der Waals surface area contributed by atoms with Gasteiger partial charge in [-0.1, -0.05) is 13.8 Å². The van der Waals surface area contributed by atoms with E-state index in [1.54, 1.807) is 6.20 Å². The van der Waals surface area contributed by atoms with Gasteiger partial charge in [-0.05, 0) is 5.92 Å². The van der Waals surface area contributed by atoms with Gasteiger partial charge in [-0.2, -0.15) is 0 Å². The molecular weight excluding hydrogens is 178 g/mol. The lowest BCUT2D eigenvalue weighted by Crippen LogP contribution is -2.30. The first-order chi connectivity index (χ1) is 6.61. The largest absolute Gasteiger partial charge is 0.392 e. The molecule has 0 saturated carbocycles. The number of aliphatic hydroxyl groups excluding tert-OH is 1. The molecule has 1 aromatic heterocycles. The maximum Gasteiger partial charge on any atom is 0.122 e. The highest BCUT2D eigenvalue weighted by Gasteiger charge is 2.08. The zero-order valence-electron chi connectivity index (χ0n) is 9.07. The summed E-state index contributed by atoms with van der Waals surface area (Å²) in [5.74, 6) is 1.28. The van der Waals surface area contributed by atoms with Crippen molar-refractivity contribution in [3.8, 4) is 0 Å². The van der Waals surface area contributed by atoms with Crippen molar-refractivity contribution in [3.63, 3.8) is 0 Å². The second-order valence-electron chi connectivity index (χ2n) is 3.90. The van der Waals surface area contributed by atoms with Gasteiger partial charge in [-0.3, -0.25) is 0 Å². The fraction of sp³-hybridized carbons (Fsp3) is 0.700. The zero-order chi connectivity index (χ0) is 10.6. The molecule has 0 aliphatic heterocycles. The summed E-state index contributed by atoms with van der Waals surface area (Å²) in [6.45, 7) is 5.33. The Hall–Kier alpha value is -0.870. The van der Waals surface area contributed by atoms with Crippen LogP contribution in [0, 0.1) is 5.92 Å². The molecule has 1 heterocycles. The van der Waals surface area contributed by atoms with Crippen LogP contribution < -0.4 is 5.32 Å². The maximum atomic E-state index is 9.53. The SMILES string of the molecule is CC(C)C(O)CNCc1nccn1C. The summed E-state index contributed by atoms with van der Waals surface area (Å²) in [5, 5.41) is 12.7. The second-order valence-corrected chi connectivity index (χ2v) is 3.90. The van der Waals surface area contributed by atoms with Gasteiger partial charge in [0.2, 0.25) is 0 Å². The molecule has 0 radical (unpaired) electrons. The summed E-state index contributed by atoms with van der Waals surface area (Å²) in [7, 11) is 1.96. The molecule has 1 unspecified atom stereocenters. The van der Waals surface area contributed by atoms with Gasteiger partial charge < -0.3 is 15.0 Å². The van der Waals surface area contributed by atoms with Crippen LogP contribution in [0.4, 0.5) is 0 Å². The number of imidazole rings is 1. The lowest BCUT2D eigenvalue weighted by atomic mass is 10.1. The molecule has 2 N–H and O–H groups in total. The third-order valence-corrected chi connectivity index (χ3v) is 2.33. The highest BCUT2D eigenvalue weighted by molar-refractivity contribution is 4.90. The predicted octanol–water partition coefficient (Wildman–Crippen LogP) is 0.527. The number of aliphatic hydroxyl groups is 1. The molecule has 4 heteroatoms. The van der Waals surface area contributed by atoms with Crippen LogP contribution >= 0.6 is 0 Å². The molecule has 0 spiro atoms. The van der Waals surface area contributed by atoms with E-state index in [9.17, 15) is 5.11 Å². The number of hydrogen-bond donors (Lipinski definition) is 2. The summed E-state index contributed by atoms with van der Waals surface area (Å²) in [6.07, 6.45) is 3.40. The van der Waals surface area contributed by atoms with Crippen LogP contribution in [-0.4, -0.2) is 27.3 Å². The molecule has 1 rings (SSSR count). The van der Waals surface area contributed by atoms with Crippen LogP contribution in [0.15, 0.2) is 12.4 Å². The number of nitrogens with one attached hydrogen (secondary N) is 1. The van der Waals surface area contributed by atoms with E-state index in [4.69, 9.17) is 0 Å². The Morgan fingerprint density at radius 2 is 2.29 bits per heavy atom. The smallest absolute Gasteiger partial charge is 0.122 e. The first-order valence-corrected chi connectivity index (χ1v) is 4.96. The Bertz CT molecular complexity index is 270. The average molecular weight is 197 g/mol. The molecule has 0 aliphatic carbocycles. The van der Waals surface area contributed by atoms with E-state index in [0.29, 0.717) is 19.0 Å². The number of aryl methyl sites for hydroxylation is 1. The van der Waals surface area contributed by atoms with Gasteiger partial charge in [0.05, 0.1) is 12.6 Å². The lowest BCUT2D eigenvalue weighted by molar-refractivity contribution is 0.123. The van der Waals surface area contributed by atoms with Gasteiger partial charge in [0.1, 0.15) is 5.82 Å². The van der Waals surface area contributed by atoms with Crippen LogP contribution in [0.25, 0.3) is 0 Å². The van der Waals surface area contributed by atoms with Gasteiger partial charge >= 0.3 is 0 Å². The van der Waals surface area contributed by atoms with E-state index >= 15 is 0 Å². The minimum atomic E-state index is -0.282. The standard InChI is InChI=1S/C10H19N3O/c1-8(2)9(14)6-11-7-10-12-4-5-13(10)3/h4-5,8-9,11,14H,6-7H2,1-3H3. The normalized spacial score (nSPS) is 13.5. The van der Waals surface area contributed by atoms with E-state index in [1.165, 1.54) is 0 Å². The minimum Gasteiger partial charge on any atom is -0.392 e. The van der Waals surface area contributed by atoms with Crippen molar-refractivity contribution in [3.05, 3.63) is 18.2 Å². The van der Waals surface area contributed by atoms with E-state index in [-0.39, 0.29) is 6.10 Å². The van der Waals surface area contributed by atoms with E-state index < -0.39 is 0 Å². The minimum absolute atomic E-state index is 0.282. The van der Waals surface area contributed by atoms with Crippen LogP contribution in [0.2, 0.25) is 0 Å². The van der Waals surface area contributed by atoms with E-state index in [0.717, 1.165) is 5.82 Å². The van der Waals surface area contributed by atoms with Crippen molar-refractivity contribution in [2.45, 2.75) is 26.5 Å². The highest BCUT2D eigenvalue weighted by atomic mass is 16.3. The second kappa shape index (κ2) is 5.12. The van der Waals surface area contributed by atoms with E-state index in [1.807, 2.05) is 31.7 Å². The van der Waals surface area contributed by atoms with Crippen molar-refractivity contribution < 1.29 is 5.11 Å². The Balaban J connectivity index is 2.25. The molecule has 80 valence electrons. The molecule has 0 saturated heterocycles. The van der Waals surface area contributed by atoms with Crippen molar-refractivity contribution in [1.29, 1.82) is 0 Å². The monoisotopic (exact) mass is 197 g/mol. The molecule has 0 amide bonds. The fourth-order valence-electron chi connectivity index (χ4n) is 1.13. The van der Waals surface area contributed by atoms with Gasteiger partial charge in [0.25, 0.3) is 0 Å². The third-order valence-electron chi connectivity index (χ3n) is 2.33. The number of nitrogens with zero attached hydrogens (tertiary/aromatic N) is 2. The van der Waals surface area contributed by atoms with Crippen molar-refractivity contribution in [2.24, 2.45) is 13.0 Å². The van der Waals surface area contributed by atoms with Gasteiger partial charge in [-0.25, -0.2) is 4.98 Å². The molecule has 0 fully saturated rings. The number of aromatic nitrogens is 2. The Kier molecular flexibility index (Phi) is 4.10. The third kappa shape index (κ3) is 3.12. The number of rotatable bonds is 5. The van der Waals surface area contributed by atoms with Crippen molar-refractivity contribution in [1.82, 2.24) is 14.9 Å². The Morgan fingerprint density at radius 1 is 1.57 bits per heavy atom. The van der Waals surface area contributed by atoms with Crippen LogP contribution in [0.5, 0.6) is 0 Å². The first kappa shape index (κ1) is 11.2. The van der Waals surface area contributed by atoms with Crippen LogP contribution in [-0.2, 0) is 13.6 Å². The summed E-state index contributed by atoms with van der Waals surface area (Å²) < 4.78 is 1.97. The Labute approximate surface area is 85.0 Å². The zero-order valence-corrected chi connectivity index (χ0v) is 9.07. The molecule has 0 aromatic carbocycles. The summed E-state index contributed by atoms with van der Waals surface area (Å²) in [6, 6.07) is 0. The molecule has 1 atom stereocenters.